The van der Waals surface area contributed by atoms with Gasteiger partial charge in [0.05, 0.1) is 7.11 Å². The smallest absolute Gasteiger partial charge is 0.253 e. The van der Waals surface area contributed by atoms with Crippen molar-refractivity contribution in [1.82, 2.24) is 14.4 Å². The molecular weight excluding hydrogens is 402 g/mol. The molecule has 0 radical (unpaired) electrons. The maximum Gasteiger partial charge on any atom is 0.253 e. The van der Waals surface area contributed by atoms with E-state index >= 15 is 0 Å². The first kappa shape index (κ1) is 22.1. The van der Waals surface area contributed by atoms with Crippen molar-refractivity contribution in [3.8, 4) is 22.6 Å². The minimum absolute atomic E-state index is 0.0283. The number of ether oxygens (including phenoxy) is 1. The lowest BCUT2D eigenvalue weighted by atomic mass is 10.0. The van der Waals surface area contributed by atoms with Crippen LogP contribution in [0.15, 0.2) is 59.5 Å². The Morgan fingerprint density at radius 3 is 2.31 bits per heavy atom. The number of piperazine rings is 1. The average Bonchev–Trinajstić information content (AvgIpc) is 2.78. The number of benzene rings is 2. The van der Waals surface area contributed by atoms with E-state index in [1.54, 1.807) is 24.8 Å². The normalized spacial score (nSPS) is 15.1. The molecule has 1 aliphatic rings. The van der Waals surface area contributed by atoms with E-state index < -0.39 is 0 Å². The van der Waals surface area contributed by atoms with Crippen LogP contribution in [0.5, 0.6) is 11.5 Å². The predicted molar refractivity (Wildman–Crippen MR) is 127 cm³/mol. The van der Waals surface area contributed by atoms with E-state index in [1.807, 2.05) is 31.3 Å². The summed E-state index contributed by atoms with van der Waals surface area (Å²) in [5.74, 6) is 1.20. The third-order valence-corrected chi connectivity index (χ3v) is 6.16. The van der Waals surface area contributed by atoms with E-state index in [4.69, 9.17) is 4.74 Å². The maximum absolute atomic E-state index is 12.0. The standard InChI is InChI=1S/C26H31N3O3/c1-19-13-23(17-27(2)26(19)31)21-7-8-22(25(15-21)32-3)18-29-11-9-28(10-12-29)16-20-5-4-6-24(30)14-20/h4-8,13-15,17,30H,9-12,16,18H2,1-3H3. The highest BCUT2D eigenvalue weighted by Crippen LogP contribution is 2.28. The molecule has 0 atom stereocenters. The Morgan fingerprint density at radius 1 is 0.938 bits per heavy atom. The lowest BCUT2D eigenvalue weighted by Crippen LogP contribution is -2.45. The monoisotopic (exact) mass is 433 g/mol. The largest absolute Gasteiger partial charge is 0.508 e. The van der Waals surface area contributed by atoms with Crippen molar-refractivity contribution in [1.29, 1.82) is 0 Å². The summed E-state index contributed by atoms with van der Waals surface area (Å²) >= 11 is 0. The van der Waals surface area contributed by atoms with Gasteiger partial charge in [0.25, 0.3) is 5.56 Å². The summed E-state index contributed by atoms with van der Waals surface area (Å²) in [4.78, 5) is 16.9. The molecule has 0 saturated carbocycles. The molecule has 1 saturated heterocycles. The van der Waals surface area contributed by atoms with E-state index in [-0.39, 0.29) is 5.56 Å². The molecule has 0 amide bonds. The highest BCUT2D eigenvalue weighted by molar-refractivity contribution is 5.66. The first-order valence-corrected chi connectivity index (χ1v) is 11.0. The molecule has 1 N–H and O–H groups in total. The quantitative estimate of drug-likeness (QED) is 0.646. The molecule has 0 bridgehead atoms. The molecule has 6 heteroatoms. The summed E-state index contributed by atoms with van der Waals surface area (Å²) < 4.78 is 7.34. The van der Waals surface area contributed by atoms with Crippen LogP contribution in [-0.4, -0.2) is 52.8 Å². The van der Waals surface area contributed by atoms with Crippen LogP contribution in [0.25, 0.3) is 11.1 Å². The molecule has 4 rings (SSSR count). The molecular formula is C26H31N3O3. The molecule has 1 aliphatic heterocycles. The third kappa shape index (κ3) is 5.03. The number of rotatable bonds is 6. The molecule has 6 nitrogen and oxygen atoms in total. The number of phenols is 1. The van der Waals surface area contributed by atoms with Gasteiger partial charge >= 0.3 is 0 Å². The maximum atomic E-state index is 12.0. The molecule has 2 heterocycles. The Bertz CT molecular complexity index is 1120. The van der Waals surface area contributed by atoms with Crippen molar-refractivity contribution in [2.75, 3.05) is 33.3 Å². The fourth-order valence-electron chi connectivity index (χ4n) is 4.35. The van der Waals surface area contributed by atoms with Crippen LogP contribution in [0.3, 0.4) is 0 Å². The SMILES string of the molecule is COc1cc(-c2cc(C)c(=O)n(C)c2)ccc1CN1CCN(Cc2cccc(O)c2)CC1. The zero-order chi connectivity index (χ0) is 22.7. The van der Waals surface area contributed by atoms with E-state index in [2.05, 4.69) is 34.1 Å². The van der Waals surface area contributed by atoms with Crippen molar-refractivity contribution in [2.45, 2.75) is 20.0 Å². The van der Waals surface area contributed by atoms with Crippen molar-refractivity contribution >= 4 is 0 Å². The van der Waals surface area contributed by atoms with Crippen LogP contribution in [0, 0.1) is 6.92 Å². The number of aryl methyl sites for hydroxylation is 2. The Morgan fingerprint density at radius 2 is 1.66 bits per heavy atom. The molecule has 32 heavy (non-hydrogen) atoms. The molecule has 0 aliphatic carbocycles. The van der Waals surface area contributed by atoms with Crippen LogP contribution in [-0.2, 0) is 20.1 Å². The van der Waals surface area contributed by atoms with Gasteiger partial charge in [0.2, 0.25) is 0 Å². The Labute approximate surface area is 189 Å². The first-order valence-electron chi connectivity index (χ1n) is 11.0. The second-order valence-electron chi connectivity index (χ2n) is 8.58. The van der Waals surface area contributed by atoms with Crippen molar-refractivity contribution in [3.63, 3.8) is 0 Å². The second kappa shape index (κ2) is 9.59. The Balaban J connectivity index is 1.41. The number of methoxy groups -OCH3 is 1. The van der Waals surface area contributed by atoms with E-state index in [0.717, 1.165) is 67.3 Å². The molecule has 1 aromatic heterocycles. The van der Waals surface area contributed by atoms with Gasteiger partial charge in [0.1, 0.15) is 11.5 Å². The summed E-state index contributed by atoms with van der Waals surface area (Å²) in [6.07, 6.45) is 1.87. The predicted octanol–water partition coefficient (Wildman–Crippen LogP) is 3.39. The third-order valence-electron chi connectivity index (χ3n) is 6.16. The fourth-order valence-corrected chi connectivity index (χ4v) is 4.35. The molecule has 2 aromatic carbocycles. The summed E-state index contributed by atoms with van der Waals surface area (Å²) in [5, 5.41) is 9.68. The highest BCUT2D eigenvalue weighted by Gasteiger charge is 2.19. The van der Waals surface area contributed by atoms with Gasteiger partial charge in [-0.15, -0.1) is 0 Å². The lowest BCUT2D eigenvalue weighted by molar-refractivity contribution is 0.121. The van der Waals surface area contributed by atoms with Gasteiger partial charge < -0.3 is 14.4 Å². The van der Waals surface area contributed by atoms with Crippen molar-refractivity contribution < 1.29 is 9.84 Å². The molecule has 168 valence electrons. The number of hydrogen-bond acceptors (Lipinski definition) is 5. The fraction of sp³-hybridized carbons (Fsp3) is 0.346. The number of aromatic nitrogens is 1. The number of pyridine rings is 1. The van der Waals surface area contributed by atoms with Crippen LogP contribution in [0.1, 0.15) is 16.7 Å². The minimum Gasteiger partial charge on any atom is -0.508 e. The molecule has 1 fully saturated rings. The number of hydrogen-bond donors (Lipinski definition) is 1. The van der Waals surface area contributed by atoms with Gasteiger partial charge in [-0.3, -0.25) is 14.6 Å². The zero-order valence-electron chi connectivity index (χ0n) is 19.0. The second-order valence-corrected chi connectivity index (χ2v) is 8.58. The zero-order valence-corrected chi connectivity index (χ0v) is 19.0. The van der Waals surface area contributed by atoms with Crippen LogP contribution in [0.4, 0.5) is 0 Å². The molecule has 0 spiro atoms. The van der Waals surface area contributed by atoms with Gasteiger partial charge in [0.15, 0.2) is 0 Å². The Kier molecular flexibility index (Phi) is 6.63. The van der Waals surface area contributed by atoms with Gasteiger partial charge in [-0.2, -0.15) is 0 Å². The van der Waals surface area contributed by atoms with Gasteiger partial charge in [0, 0.05) is 63.6 Å². The summed E-state index contributed by atoms with van der Waals surface area (Å²) in [6.45, 7) is 7.51. The van der Waals surface area contributed by atoms with Crippen LogP contribution in [0.2, 0.25) is 0 Å². The lowest BCUT2D eigenvalue weighted by Gasteiger charge is -2.35. The van der Waals surface area contributed by atoms with E-state index in [9.17, 15) is 9.90 Å². The summed E-state index contributed by atoms with van der Waals surface area (Å²) in [6, 6.07) is 15.7. The molecule has 3 aromatic rings. The van der Waals surface area contributed by atoms with Crippen LogP contribution < -0.4 is 10.3 Å². The minimum atomic E-state index is 0.0283. The molecule has 0 unspecified atom stereocenters. The van der Waals surface area contributed by atoms with Crippen molar-refractivity contribution in [2.24, 2.45) is 7.05 Å². The van der Waals surface area contributed by atoms with E-state index in [0.29, 0.717) is 5.75 Å². The average molecular weight is 434 g/mol. The topological polar surface area (TPSA) is 57.9 Å². The first-order chi connectivity index (χ1) is 15.4. The number of aromatic hydroxyl groups is 1. The number of phenolic OH excluding ortho intramolecular Hbond substituents is 1. The summed E-state index contributed by atoms with van der Waals surface area (Å²) in [7, 11) is 3.49. The number of nitrogens with zero attached hydrogens (tertiary/aromatic N) is 3. The summed E-state index contributed by atoms with van der Waals surface area (Å²) in [5.41, 5.74) is 5.12. The van der Waals surface area contributed by atoms with Gasteiger partial charge in [-0.05, 0) is 47.9 Å². The van der Waals surface area contributed by atoms with Crippen molar-refractivity contribution in [3.05, 3.63) is 81.8 Å². The van der Waals surface area contributed by atoms with Crippen LogP contribution >= 0.6 is 0 Å². The van der Waals surface area contributed by atoms with E-state index in [1.165, 1.54) is 5.56 Å². The van der Waals surface area contributed by atoms with Gasteiger partial charge in [-0.25, -0.2) is 0 Å². The van der Waals surface area contributed by atoms with Gasteiger partial charge in [-0.1, -0.05) is 24.3 Å². The highest BCUT2D eigenvalue weighted by atomic mass is 16.5. The Hall–Kier alpha value is -3.09.